The molecule has 1 atom stereocenters. The van der Waals surface area contributed by atoms with E-state index in [1.54, 1.807) is 31.3 Å². The number of ether oxygens (including phenoxy) is 2. The Morgan fingerprint density at radius 2 is 1.93 bits per heavy atom. The summed E-state index contributed by atoms with van der Waals surface area (Å²) in [6, 6.07) is 9.40. The zero-order chi connectivity index (χ0) is 21.0. The van der Waals surface area contributed by atoms with Gasteiger partial charge in [0.15, 0.2) is 16.7 Å². The molecule has 1 aromatic heterocycles. The molecule has 0 aliphatic heterocycles. The SMILES string of the molecule is COc1cc(F)c(C(C)NC(=O)c2cccc(-n3ccnc3SC)c2)cc1OC. The summed E-state index contributed by atoms with van der Waals surface area (Å²) < 4.78 is 26.7. The molecule has 1 N–H and O–H groups in total. The first kappa shape index (κ1) is 20.7. The van der Waals surface area contributed by atoms with Crippen LogP contribution in [0.25, 0.3) is 5.69 Å². The molecule has 0 aliphatic carbocycles. The van der Waals surface area contributed by atoms with Crippen LogP contribution in [-0.4, -0.2) is 35.9 Å². The molecule has 6 nitrogen and oxygen atoms in total. The molecular weight excluding hydrogens is 393 g/mol. The summed E-state index contributed by atoms with van der Waals surface area (Å²) in [5.41, 5.74) is 1.60. The van der Waals surface area contributed by atoms with E-state index in [2.05, 4.69) is 10.3 Å². The molecule has 0 saturated heterocycles. The van der Waals surface area contributed by atoms with Gasteiger partial charge in [-0.05, 0) is 37.4 Å². The van der Waals surface area contributed by atoms with Crippen LogP contribution in [0.1, 0.15) is 28.9 Å². The van der Waals surface area contributed by atoms with E-state index in [1.807, 2.05) is 23.1 Å². The number of amides is 1. The highest BCUT2D eigenvalue weighted by atomic mass is 32.2. The van der Waals surface area contributed by atoms with Gasteiger partial charge in [-0.2, -0.15) is 0 Å². The van der Waals surface area contributed by atoms with Crippen molar-refractivity contribution in [1.82, 2.24) is 14.9 Å². The highest BCUT2D eigenvalue weighted by molar-refractivity contribution is 7.98. The van der Waals surface area contributed by atoms with Crippen LogP contribution >= 0.6 is 11.8 Å². The Morgan fingerprint density at radius 3 is 2.62 bits per heavy atom. The van der Waals surface area contributed by atoms with E-state index in [4.69, 9.17) is 9.47 Å². The number of hydrogen-bond donors (Lipinski definition) is 1. The molecule has 1 amide bonds. The molecule has 1 heterocycles. The molecule has 3 rings (SSSR count). The number of aromatic nitrogens is 2. The summed E-state index contributed by atoms with van der Waals surface area (Å²) in [6.45, 7) is 1.72. The molecule has 1 unspecified atom stereocenters. The van der Waals surface area contributed by atoms with Gasteiger partial charge in [-0.3, -0.25) is 9.36 Å². The molecule has 152 valence electrons. The maximum Gasteiger partial charge on any atom is 0.251 e. The number of nitrogens with one attached hydrogen (secondary N) is 1. The lowest BCUT2D eigenvalue weighted by Crippen LogP contribution is -2.27. The van der Waals surface area contributed by atoms with Crippen LogP contribution < -0.4 is 14.8 Å². The van der Waals surface area contributed by atoms with Crippen LogP contribution in [0.3, 0.4) is 0 Å². The second-order valence-corrected chi connectivity index (χ2v) is 7.03. The van der Waals surface area contributed by atoms with Crippen molar-refractivity contribution in [3.63, 3.8) is 0 Å². The molecule has 0 saturated carbocycles. The van der Waals surface area contributed by atoms with Crippen LogP contribution in [0, 0.1) is 5.82 Å². The third kappa shape index (κ3) is 4.37. The standard InChI is InChI=1S/C21H22FN3O3S/c1-13(16-11-18(27-2)19(28-3)12-17(16)22)24-20(26)14-6-5-7-15(10-14)25-9-8-23-21(25)29-4/h5-13H,1-4H3,(H,24,26). The topological polar surface area (TPSA) is 65.4 Å². The monoisotopic (exact) mass is 415 g/mol. The quantitative estimate of drug-likeness (QED) is 0.585. The molecule has 0 spiro atoms. The summed E-state index contributed by atoms with van der Waals surface area (Å²) >= 11 is 1.51. The van der Waals surface area contributed by atoms with Crippen molar-refractivity contribution in [3.8, 4) is 17.2 Å². The predicted octanol–water partition coefficient (Wildman–Crippen LogP) is 4.24. The summed E-state index contributed by atoms with van der Waals surface area (Å²) in [5.74, 6) is -0.0896. The predicted molar refractivity (Wildman–Crippen MR) is 111 cm³/mol. The van der Waals surface area contributed by atoms with Gasteiger partial charge in [-0.15, -0.1) is 0 Å². The number of methoxy groups -OCH3 is 2. The maximum atomic E-state index is 14.5. The Kier molecular flexibility index (Phi) is 6.43. The van der Waals surface area contributed by atoms with Gasteiger partial charge in [0, 0.05) is 35.3 Å². The molecular formula is C21H22FN3O3S. The maximum absolute atomic E-state index is 14.5. The van der Waals surface area contributed by atoms with Crippen molar-refractivity contribution in [1.29, 1.82) is 0 Å². The first-order valence-electron chi connectivity index (χ1n) is 8.88. The number of imidazole rings is 1. The third-order valence-corrected chi connectivity index (χ3v) is 5.16. The largest absolute Gasteiger partial charge is 0.493 e. The zero-order valence-electron chi connectivity index (χ0n) is 16.6. The van der Waals surface area contributed by atoms with E-state index in [9.17, 15) is 9.18 Å². The minimum Gasteiger partial charge on any atom is -0.493 e. The number of nitrogens with zero attached hydrogens (tertiary/aromatic N) is 2. The Labute approximate surface area is 173 Å². The van der Waals surface area contributed by atoms with Gasteiger partial charge in [0.2, 0.25) is 0 Å². The number of carbonyl (C=O) groups is 1. The van der Waals surface area contributed by atoms with Crippen molar-refractivity contribution >= 4 is 17.7 Å². The van der Waals surface area contributed by atoms with Gasteiger partial charge >= 0.3 is 0 Å². The molecule has 0 fully saturated rings. The van der Waals surface area contributed by atoms with Crippen LogP contribution in [0.2, 0.25) is 0 Å². The Morgan fingerprint density at radius 1 is 1.21 bits per heavy atom. The summed E-state index contributed by atoms with van der Waals surface area (Å²) in [4.78, 5) is 17.0. The number of halogens is 1. The van der Waals surface area contributed by atoms with E-state index in [0.717, 1.165) is 10.8 Å². The molecule has 29 heavy (non-hydrogen) atoms. The second kappa shape index (κ2) is 9.00. The lowest BCUT2D eigenvalue weighted by molar-refractivity contribution is 0.0939. The number of carbonyl (C=O) groups excluding carboxylic acids is 1. The first-order valence-corrected chi connectivity index (χ1v) is 10.1. The zero-order valence-corrected chi connectivity index (χ0v) is 17.4. The lowest BCUT2D eigenvalue weighted by Gasteiger charge is -2.18. The van der Waals surface area contributed by atoms with Crippen molar-refractivity contribution < 1.29 is 18.7 Å². The number of benzene rings is 2. The molecule has 0 radical (unpaired) electrons. The highest BCUT2D eigenvalue weighted by Crippen LogP contribution is 2.32. The normalized spacial score (nSPS) is 11.8. The van der Waals surface area contributed by atoms with Gasteiger partial charge in [0.05, 0.1) is 20.3 Å². The van der Waals surface area contributed by atoms with Crippen molar-refractivity contribution in [2.45, 2.75) is 18.1 Å². The fraction of sp³-hybridized carbons (Fsp3) is 0.238. The van der Waals surface area contributed by atoms with Gasteiger partial charge < -0.3 is 14.8 Å². The lowest BCUT2D eigenvalue weighted by atomic mass is 10.1. The van der Waals surface area contributed by atoms with E-state index in [1.165, 1.54) is 38.1 Å². The molecule has 0 aliphatic rings. The fourth-order valence-corrected chi connectivity index (χ4v) is 3.52. The minimum absolute atomic E-state index is 0.296. The Hall–Kier alpha value is -3.00. The van der Waals surface area contributed by atoms with Crippen LogP contribution in [0.5, 0.6) is 11.5 Å². The second-order valence-electron chi connectivity index (χ2n) is 6.26. The van der Waals surface area contributed by atoms with E-state index in [0.29, 0.717) is 22.6 Å². The van der Waals surface area contributed by atoms with Crippen molar-refractivity contribution in [2.24, 2.45) is 0 Å². The molecule has 3 aromatic rings. The average Bonchev–Trinajstić information content (AvgIpc) is 3.22. The third-order valence-electron chi connectivity index (χ3n) is 4.49. The van der Waals surface area contributed by atoms with Crippen LogP contribution in [0.15, 0.2) is 53.9 Å². The van der Waals surface area contributed by atoms with Crippen LogP contribution in [-0.2, 0) is 0 Å². The van der Waals surface area contributed by atoms with Crippen molar-refractivity contribution in [2.75, 3.05) is 20.5 Å². The smallest absolute Gasteiger partial charge is 0.251 e. The molecule has 0 bridgehead atoms. The number of hydrogen-bond acceptors (Lipinski definition) is 5. The van der Waals surface area contributed by atoms with Crippen molar-refractivity contribution in [3.05, 3.63) is 65.7 Å². The van der Waals surface area contributed by atoms with Crippen LogP contribution in [0.4, 0.5) is 4.39 Å². The number of thioether (sulfide) groups is 1. The minimum atomic E-state index is -0.569. The molecule has 2 aromatic carbocycles. The number of rotatable bonds is 7. The van der Waals surface area contributed by atoms with Gasteiger partial charge in [-0.1, -0.05) is 17.8 Å². The van der Waals surface area contributed by atoms with Gasteiger partial charge in [0.25, 0.3) is 5.91 Å². The first-order chi connectivity index (χ1) is 14.0. The Balaban J connectivity index is 1.83. The summed E-state index contributed by atoms with van der Waals surface area (Å²) in [5, 5.41) is 3.66. The van der Waals surface area contributed by atoms with E-state index < -0.39 is 11.9 Å². The fourth-order valence-electron chi connectivity index (χ4n) is 2.99. The Bertz CT molecular complexity index is 1020. The van der Waals surface area contributed by atoms with E-state index >= 15 is 0 Å². The summed E-state index contributed by atoms with van der Waals surface area (Å²) in [7, 11) is 2.92. The summed E-state index contributed by atoms with van der Waals surface area (Å²) in [6.07, 6.45) is 5.49. The van der Waals surface area contributed by atoms with Gasteiger partial charge in [-0.25, -0.2) is 9.37 Å². The van der Waals surface area contributed by atoms with Gasteiger partial charge in [0.1, 0.15) is 5.82 Å². The highest BCUT2D eigenvalue weighted by Gasteiger charge is 2.19. The average molecular weight is 415 g/mol. The molecule has 8 heteroatoms. The van der Waals surface area contributed by atoms with E-state index in [-0.39, 0.29) is 5.91 Å².